The molecule has 3 rings (SSSR count). The highest BCUT2D eigenvalue weighted by Crippen LogP contribution is 2.15. The van der Waals surface area contributed by atoms with Gasteiger partial charge in [0.1, 0.15) is 11.6 Å². The van der Waals surface area contributed by atoms with Crippen molar-refractivity contribution in [2.24, 2.45) is 4.99 Å². The number of guanidine groups is 1. The van der Waals surface area contributed by atoms with Gasteiger partial charge in [-0.15, -0.1) is 34.2 Å². The van der Waals surface area contributed by atoms with Gasteiger partial charge in [-0.3, -0.25) is 9.89 Å². The van der Waals surface area contributed by atoms with E-state index in [2.05, 4.69) is 50.7 Å². The Kier molecular flexibility index (Phi) is 11.1. The monoisotopic (exact) mass is 529 g/mol. The molecule has 1 aromatic heterocycles. The number of fused-ring (bicyclic) bond motifs is 1. The minimum atomic E-state index is 0. The van der Waals surface area contributed by atoms with Gasteiger partial charge in [-0.05, 0) is 46.0 Å². The molecule has 2 N–H and O–H groups in total. The third kappa shape index (κ3) is 7.83. The normalized spacial score (nSPS) is 18.3. The lowest BCUT2D eigenvalue weighted by atomic mass is 10.0. The van der Waals surface area contributed by atoms with Gasteiger partial charge >= 0.3 is 0 Å². The largest absolute Gasteiger partial charge is 0.357 e. The Labute approximate surface area is 199 Å². The molecule has 170 valence electrons. The Morgan fingerprint density at radius 2 is 1.97 bits per heavy atom. The van der Waals surface area contributed by atoms with Crippen LogP contribution >= 0.6 is 24.0 Å². The second-order valence-corrected chi connectivity index (χ2v) is 8.51. The molecule has 0 saturated carbocycles. The molecule has 1 aromatic rings. The Hall–Kier alpha value is -1.16. The molecule has 30 heavy (non-hydrogen) atoms. The van der Waals surface area contributed by atoms with Crippen molar-refractivity contribution >= 4 is 29.9 Å². The molecule has 7 nitrogen and oxygen atoms in total. The van der Waals surface area contributed by atoms with Gasteiger partial charge in [0, 0.05) is 58.2 Å². The second kappa shape index (κ2) is 13.3. The first-order chi connectivity index (χ1) is 14.2. The zero-order chi connectivity index (χ0) is 20.5. The van der Waals surface area contributed by atoms with Crippen LogP contribution in [0, 0.1) is 0 Å². The molecular formula is C22H40IN7. The molecule has 0 aromatic carbocycles. The van der Waals surface area contributed by atoms with Gasteiger partial charge in [0.05, 0.1) is 0 Å². The Bertz CT molecular complexity index is 677. The Morgan fingerprint density at radius 1 is 1.17 bits per heavy atom. The number of piperidine rings is 1. The number of halogens is 1. The van der Waals surface area contributed by atoms with E-state index in [0.717, 1.165) is 83.2 Å². The lowest BCUT2D eigenvalue weighted by Crippen LogP contribution is -2.48. The van der Waals surface area contributed by atoms with Gasteiger partial charge in [0.2, 0.25) is 0 Å². The molecule has 0 atom stereocenters. The molecule has 0 radical (unpaired) electrons. The van der Waals surface area contributed by atoms with Crippen molar-refractivity contribution < 1.29 is 0 Å². The summed E-state index contributed by atoms with van der Waals surface area (Å²) in [6.45, 7) is 14.3. The molecule has 0 amide bonds. The minimum Gasteiger partial charge on any atom is -0.357 e. The summed E-state index contributed by atoms with van der Waals surface area (Å²) in [4.78, 5) is 7.31. The third-order valence-corrected chi connectivity index (χ3v) is 5.78. The van der Waals surface area contributed by atoms with Crippen LogP contribution in [0.1, 0.15) is 64.0 Å². The van der Waals surface area contributed by atoms with E-state index < -0.39 is 0 Å². The fourth-order valence-electron chi connectivity index (χ4n) is 4.29. The number of hydrogen-bond acceptors (Lipinski definition) is 4. The van der Waals surface area contributed by atoms with Crippen LogP contribution < -0.4 is 10.6 Å². The maximum Gasteiger partial charge on any atom is 0.191 e. The van der Waals surface area contributed by atoms with Gasteiger partial charge in [0.15, 0.2) is 5.96 Å². The molecule has 0 unspecified atom stereocenters. The zero-order valence-electron chi connectivity index (χ0n) is 18.8. The fourth-order valence-corrected chi connectivity index (χ4v) is 4.29. The second-order valence-electron chi connectivity index (χ2n) is 8.51. The van der Waals surface area contributed by atoms with Crippen LogP contribution in [-0.2, 0) is 19.4 Å². The highest BCUT2D eigenvalue weighted by atomic mass is 127. The van der Waals surface area contributed by atoms with E-state index in [1.54, 1.807) is 0 Å². The van der Waals surface area contributed by atoms with Crippen LogP contribution in [0.25, 0.3) is 0 Å². The van der Waals surface area contributed by atoms with Crippen molar-refractivity contribution in [3.63, 3.8) is 0 Å². The first kappa shape index (κ1) is 25.1. The van der Waals surface area contributed by atoms with E-state index >= 15 is 0 Å². The molecule has 0 bridgehead atoms. The highest BCUT2D eigenvalue weighted by Gasteiger charge is 2.20. The maximum absolute atomic E-state index is 4.81. The lowest BCUT2D eigenvalue weighted by Gasteiger charge is -2.33. The van der Waals surface area contributed by atoms with E-state index in [-0.39, 0.29) is 24.0 Å². The number of aliphatic imine (C=N–C) groups is 1. The molecule has 1 saturated heterocycles. The first-order valence-corrected chi connectivity index (χ1v) is 11.5. The van der Waals surface area contributed by atoms with E-state index in [1.807, 2.05) is 0 Å². The molecule has 8 heteroatoms. The predicted molar refractivity (Wildman–Crippen MR) is 135 cm³/mol. The van der Waals surface area contributed by atoms with Crippen molar-refractivity contribution in [3.05, 3.63) is 23.8 Å². The Morgan fingerprint density at radius 3 is 2.70 bits per heavy atom. The van der Waals surface area contributed by atoms with E-state index in [9.17, 15) is 0 Å². The van der Waals surface area contributed by atoms with Crippen molar-refractivity contribution in [1.82, 2.24) is 30.3 Å². The van der Waals surface area contributed by atoms with Crippen molar-refractivity contribution in [2.75, 3.05) is 32.7 Å². The van der Waals surface area contributed by atoms with Gasteiger partial charge in [-0.25, -0.2) is 0 Å². The molecule has 0 aliphatic carbocycles. The van der Waals surface area contributed by atoms with Crippen LogP contribution in [-0.4, -0.2) is 64.4 Å². The summed E-state index contributed by atoms with van der Waals surface area (Å²) >= 11 is 0. The summed E-state index contributed by atoms with van der Waals surface area (Å²) in [6.07, 6.45) is 9.14. The fraction of sp³-hybridized carbons (Fsp3) is 0.773. The van der Waals surface area contributed by atoms with Crippen LogP contribution in [0.3, 0.4) is 0 Å². The third-order valence-electron chi connectivity index (χ3n) is 5.78. The van der Waals surface area contributed by atoms with E-state index in [0.29, 0.717) is 6.04 Å². The van der Waals surface area contributed by atoms with Crippen LogP contribution in [0.4, 0.5) is 0 Å². The predicted octanol–water partition coefficient (Wildman–Crippen LogP) is 3.15. The van der Waals surface area contributed by atoms with Gasteiger partial charge < -0.3 is 15.2 Å². The SMILES string of the molecule is C=C(C)CN1CCC(NC(=NCCCc2nnc3n2CCCCC3)NCC)CC1.I. The number of aromatic nitrogens is 3. The standard InChI is InChI=1S/C22H39N7.HI/c1-4-23-22(25-19-11-15-28(16-12-19)17-18(2)3)24-13-8-10-21-27-26-20-9-6-5-7-14-29(20)21;/h19H,2,4-17H2,1,3H3,(H2,23,24,25);1H. The van der Waals surface area contributed by atoms with E-state index in [1.165, 1.54) is 30.7 Å². The molecule has 0 spiro atoms. The van der Waals surface area contributed by atoms with Crippen molar-refractivity contribution in [3.8, 4) is 0 Å². The summed E-state index contributed by atoms with van der Waals surface area (Å²) in [5.41, 5.74) is 1.25. The average Bonchev–Trinajstić information content (AvgIpc) is 2.92. The van der Waals surface area contributed by atoms with Crippen LogP contribution in [0.5, 0.6) is 0 Å². The highest BCUT2D eigenvalue weighted by molar-refractivity contribution is 14.0. The number of hydrogen-bond donors (Lipinski definition) is 2. The number of likely N-dealkylation sites (tertiary alicyclic amines) is 1. The molecule has 2 aliphatic heterocycles. The van der Waals surface area contributed by atoms with Crippen LogP contribution in [0.15, 0.2) is 17.1 Å². The molecule has 2 aliphatic rings. The first-order valence-electron chi connectivity index (χ1n) is 11.5. The quantitative estimate of drug-likeness (QED) is 0.178. The number of aryl methyl sites for hydroxylation is 2. The summed E-state index contributed by atoms with van der Waals surface area (Å²) in [7, 11) is 0. The summed E-state index contributed by atoms with van der Waals surface area (Å²) in [6, 6.07) is 0.501. The van der Waals surface area contributed by atoms with Gasteiger partial charge in [-0.2, -0.15) is 0 Å². The number of rotatable bonds is 8. The smallest absolute Gasteiger partial charge is 0.191 e. The summed E-state index contributed by atoms with van der Waals surface area (Å²) < 4.78 is 2.35. The molecule has 1 fully saturated rings. The average molecular weight is 530 g/mol. The topological polar surface area (TPSA) is 70.4 Å². The lowest BCUT2D eigenvalue weighted by molar-refractivity contribution is 0.221. The van der Waals surface area contributed by atoms with Gasteiger partial charge in [-0.1, -0.05) is 18.6 Å². The van der Waals surface area contributed by atoms with E-state index in [4.69, 9.17) is 4.99 Å². The minimum absolute atomic E-state index is 0. The van der Waals surface area contributed by atoms with Crippen molar-refractivity contribution in [1.29, 1.82) is 0 Å². The molecular weight excluding hydrogens is 489 g/mol. The number of nitrogens with zero attached hydrogens (tertiary/aromatic N) is 5. The van der Waals surface area contributed by atoms with Crippen molar-refractivity contribution in [2.45, 2.75) is 77.8 Å². The number of nitrogens with one attached hydrogen (secondary N) is 2. The zero-order valence-corrected chi connectivity index (χ0v) is 21.2. The Balaban J connectivity index is 0.00000320. The maximum atomic E-state index is 4.81. The van der Waals surface area contributed by atoms with Crippen LogP contribution in [0.2, 0.25) is 0 Å². The van der Waals surface area contributed by atoms with Gasteiger partial charge in [0.25, 0.3) is 0 Å². The summed E-state index contributed by atoms with van der Waals surface area (Å²) in [5.74, 6) is 3.26. The molecule has 3 heterocycles. The summed E-state index contributed by atoms with van der Waals surface area (Å²) in [5, 5.41) is 15.9.